The second kappa shape index (κ2) is 9.90. The van der Waals surface area contributed by atoms with Crippen molar-refractivity contribution in [3.8, 4) is 22.8 Å². The molecule has 38 heavy (non-hydrogen) atoms. The van der Waals surface area contributed by atoms with E-state index < -0.39 is 0 Å². The molecule has 1 aromatic heterocycles. The SMILES string of the molecule is Cc1ccc(C2CC(c3ccc(Br)cc3)=NN2C(=O)Cn2nc(-c3ccc4c(c3)OCO4)ccc2=O)cc1. The van der Waals surface area contributed by atoms with Crippen LogP contribution in [0.3, 0.4) is 0 Å². The van der Waals surface area contributed by atoms with Gasteiger partial charge in [-0.05, 0) is 54.4 Å². The molecule has 0 N–H and O–H groups in total. The molecule has 0 fully saturated rings. The Balaban J connectivity index is 1.31. The maximum atomic E-state index is 13.6. The minimum absolute atomic E-state index is 0.168. The average Bonchev–Trinajstić information content (AvgIpc) is 3.58. The van der Waals surface area contributed by atoms with Gasteiger partial charge in [0.1, 0.15) is 6.54 Å². The fourth-order valence-electron chi connectivity index (χ4n) is 4.58. The minimum Gasteiger partial charge on any atom is -0.454 e. The summed E-state index contributed by atoms with van der Waals surface area (Å²) < 4.78 is 13.0. The van der Waals surface area contributed by atoms with Gasteiger partial charge in [-0.2, -0.15) is 10.2 Å². The molecule has 1 amide bonds. The molecule has 0 radical (unpaired) electrons. The van der Waals surface area contributed by atoms with Crippen LogP contribution in [0.4, 0.5) is 0 Å². The van der Waals surface area contributed by atoms with Gasteiger partial charge in [0.25, 0.3) is 11.5 Å². The molecule has 3 heterocycles. The Labute approximate surface area is 227 Å². The van der Waals surface area contributed by atoms with Crippen LogP contribution < -0.4 is 15.0 Å². The number of hydrazone groups is 1. The van der Waals surface area contributed by atoms with Gasteiger partial charge in [-0.25, -0.2) is 9.69 Å². The second-order valence-corrected chi connectivity index (χ2v) is 10.1. The first-order chi connectivity index (χ1) is 18.4. The molecule has 0 aliphatic carbocycles. The van der Waals surface area contributed by atoms with E-state index in [0.29, 0.717) is 23.6 Å². The summed E-state index contributed by atoms with van der Waals surface area (Å²) in [6, 6.07) is 24.2. The van der Waals surface area contributed by atoms with E-state index in [0.717, 1.165) is 32.4 Å². The van der Waals surface area contributed by atoms with Crippen molar-refractivity contribution < 1.29 is 14.3 Å². The first-order valence-corrected chi connectivity index (χ1v) is 12.9. The van der Waals surface area contributed by atoms with Gasteiger partial charge < -0.3 is 9.47 Å². The molecule has 0 bridgehead atoms. The van der Waals surface area contributed by atoms with Crippen molar-refractivity contribution in [3.05, 3.63) is 110 Å². The van der Waals surface area contributed by atoms with Crippen molar-refractivity contribution in [1.82, 2.24) is 14.8 Å². The normalized spacial score (nSPS) is 16.0. The number of ether oxygens (including phenoxy) is 2. The molecule has 0 spiro atoms. The number of aryl methyl sites for hydroxylation is 1. The zero-order chi connectivity index (χ0) is 26.2. The molecule has 9 heteroatoms. The van der Waals surface area contributed by atoms with Crippen LogP contribution in [0.1, 0.15) is 29.2 Å². The van der Waals surface area contributed by atoms with Crippen LogP contribution >= 0.6 is 15.9 Å². The Morgan fingerprint density at radius 1 is 0.947 bits per heavy atom. The highest BCUT2D eigenvalue weighted by atomic mass is 79.9. The van der Waals surface area contributed by atoms with Crippen molar-refractivity contribution in [3.63, 3.8) is 0 Å². The number of halogens is 1. The van der Waals surface area contributed by atoms with E-state index in [-0.39, 0.29) is 30.8 Å². The Hall–Kier alpha value is -4.24. The van der Waals surface area contributed by atoms with E-state index in [1.54, 1.807) is 12.1 Å². The summed E-state index contributed by atoms with van der Waals surface area (Å²) in [6.07, 6.45) is 0.565. The molecular weight excluding hydrogens is 548 g/mol. The molecule has 0 saturated carbocycles. The number of benzene rings is 3. The summed E-state index contributed by atoms with van der Waals surface area (Å²) in [7, 11) is 0. The number of rotatable bonds is 5. The van der Waals surface area contributed by atoms with Gasteiger partial charge in [0, 0.05) is 22.5 Å². The first-order valence-electron chi connectivity index (χ1n) is 12.1. The van der Waals surface area contributed by atoms with E-state index in [2.05, 4.69) is 21.0 Å². The fourth-order valence-corrected chi connectivity index (χ4v) is 4.84. The highest BCUT2D eigenvalue weighted by molar-refractivity contribution is 9.10. The third-order valence-electron chi connectivity index (χ3n) is 6.63. The van der Waals surface area contributed by atoms with Gasteiger partial charge in [-0.15, -0.1) is 0 Å². The molecule has 190 valence electrons. The number of fused-ring (bicyclic) bond motifs is 1. The summed E-state index contributed by atoms with van der Waals surface area (Å²) in [4.78, 5) is 26.3. The molecule has 0 saturated heterocycles. The van der Waals surface area contributed by atoms with Crippen LogP contribution in [0.25, 0.3) is 11.3 Å². The Kier molecular flexibility index (Phi) is 6.29. The quantitative estimate of drug-likeness (QED) is 0.333. The summed E-state index contributed by atoms with van der Waals surface area (Å²) in [6.45, 7) is 1.95. The van der Waals surface area contributed by atoms with E-state index in [1.165, 1.54) is 15.8 Å². The van der Waals surface area contributed by atoms with Gasteiger partial charge in [-0.3, -0.25) is 9.59 Å². The number of nitrogens with zero attached hydrogens (tertiary/aromatic N) is 4. The molecule has 2 aliphatic heterocycles. The Morgan fingerprint density at radius 3 is 2.47 bits per heavy atom. The van der Waals surface area contributed by atoms with Gasteiger partial charge in [0.05, 0.1) is 17.4 Å². The number of carbonyl (C=O) groups excluding carboxylic acids is 1. The predicted octanol–water partition coefficient (Wildman–Crippen LogP) is 5.09. The average molecular weight is 571 g/mol. The van der Waals surface area contributed by atoms with Crippen LogP contribution in [0.2, 0.25) is 0 Å². The minimum atomic E-state index is -0.369. The number of amides is 1. The fraction of sp³-hybridized carbons (Fsp3) is 0.172. The Morgan fingerprint density at radius 2 is 1.68 bits per heavy atom. The third kappa shape index (κ3) is 4.72. The lowest BCUT2D eigenvalue weighted by Crippen LogP contribution is -2.34. The molecule has 2 aliphatic rings. The van der Waals surface area contributed by atoms with Crippen molar-refractivity contribution in [2.45, 2.75) is 25.9 Å². The van der Waals surface area contributed by atoms with Crippen molar-refractivity contribution >= 4 is 27.5 Å². The number of hydrogen-bond acceptors (Lipinski definition) is 6. The summed E-state index contributed by atoms with van der Waals surface area (Å²) >= 11 is 3.47. The summed E-state index contributed by atoms with van der Waals surface area (Å²) in [5.41, 5.74) is 4.80. The lowest BCUT2D eigenvalue weighted by molar-refractivity contribution is -0.133. The predicted molar refractivity (Wildman–Crippen MR) is 146 cm³/mol. The molecule has 6 rings (SSSR count). The molecule has 3 aromatic carbocycles. The highest BCUT2D eigenvalue weighted by Crippen LogP contribution is 2.36. The van der Waals surface area contributed by atoms with Crippen LogP contribution in [-0.2, 0) is 11.3 Å². The third-order valence-corrected chi connectivity index (χ3v) is 7.15. The first kappa shape index (κ1) is 24.1. The largest absolute Gasteiger partial charge is 0.454 e. The van der Waals surface area contributed by atoms with Crippen molar-refractivity contribution in [1.29, 1.82) is 0 Å². The van der Waals surface area contributed by atoms with E-state index in [4.69, 9.17) is 14.6 Å². The standard InChI is InChI=1S/C29H23BrN4O4/c1-18-2-4-20(5-3-18)25-15-24(19-6-9-22(30)10-7-19)32-34(25)29(36)16-33-28(35)13-11-23(31-33)21-8-12-26-27(14-21)38-17-37-26/h2-14,25H,15-17H2,1H3. The molecule has 4 aromatic rings. The second-order valence-electron chi connectivity index (χ2n) is 9.21. The van der Waals surface area contributed by atoms with Gasteiger partial charge in [-0.1, -0.05) is 57.9 Å². The molecule has 1 atom stereocenters. The zero-order valence-electron chi connectivity index (χ0n) is 20.5. The van der Waals surface area contributed by atoms with Gasteiger partial charge >= 0.3 is 0 Å². The highest BCUT2D eigenvalue weighted by Gasteiger charge is 2.33. The van der Waals surface area contributed by atoms with Crippen LogP contribution in [0.5, 0.6) is 11.5 Å². The topological polar surface area (TPSA) is 86.0 Å². The van der Waals surface area contributed by atoms with E-state index in [9.17, 15) is 9.59 Å². The number of hydrogen-bond donors (Lipinski definition) is 0. The molecule has 8 nitrogen and oxygen atoms in total. The molecule has 1 unspecified atom stereocenters. The van der Waals surface area contributed by atoms with Crippen molar-refractivity contribution in [2.24, 2.45) is 5.10 Å². The smallest absolute Gasteiger partial charge is 0.267 e. The lowest BCUT2D eigenvalue weighted by Gasteiger charge is -2.22. The van der Waals surface area contributed by atoms with Crippen molar-refractivity contribution in [2.75, 3.05) is 6.79 Å². The van der Waals surface area contributed by atoms with Crippen LogP contribution in [-0.4, -0.2) is 33.2 Å². The molecular formula is C29H23BrN4O4. The zero-order valence-corrected chi connectivity index (χ0v) is 22.1. The van der Waals surface area contributed by atoms with E-state index in [1.807, 2.05) is 67.6 Å². The van der Waals surface area contributed by atoms with Crippen LogP contribution in [0.15, 0.2) is 93.2 Å². The van der Waals surface area contributed by atoms with Gasteiger partial charge in [0.15, 0.2) is 11.5 Å². The van der Waals surface area contributed by atoms with Gasteiger partial charge in [0.2, 0.25) is 6.79 Å². The monoisotopic (exact) mass is 570 g/mol. The van der Waals surface area contributed by atoms with E-state index >= 15 is 0 Å². The lowest BCUT2D eigenvalue weighted by atomic mass is 9.98. The summed E-state index contributed by atoms with van der Waals surface area (Å²) in [5.74, 6) is 0.957. The number of aromatic nitrogens is 2. The Bertz CT molecular complexity index is 1610. The summed E-state index contributed by atoms with van der Waals surface area (Å²) in [5, 5.41) is 10.7. The maximum absolute atomic E-state index is 13.6. The number of carbonyl (C=O) groups is 1. The maximum Gasteiger partial charge on any atom is 0.267 e. The van der Waals surface area contributed by atoms with Crippen LogP contribution in [0, 0.1) is 6.92 Å².